The standard InChI is InChI=1S/C9H16N2O2S2/c1-4-11-15(12,13)9-5-7(2)8(14-9)6-10-3/h5,10-11H,4,6H2,1-3H3. The summed E-state index contributed by atoms with van der Waals surface area (Å²) in [6.07, 6.45) is 0. The van der Waals surface area contributed by atoms with Gasteiger partial charge in [0.25, 0.3) is 0 Å². The number of hydrogen-bond acceptors (Lipinski definition) is 4. The first-order chi connectivity index (χ1) is 7.01. The number of rotatable bonds is 5. The van der Waals surface area contributed by atoms with E-state index in [2.05, 4.69) is 10.0 Å². The average molecular weight is 248 g/mol. The maximum Gasteiger partial charge on any atom is 0.250 e. The average Bonchev–Trinajstić information content (AvgIpc) is 2.49. The van der Waals surface area contributed by atoms with Crippen LogP contribution < -0.4 is 10.0 Å². The van der Waals surface area contributed by atoms with Gasteiger partial charge in [0.1, 0.15) is 4.21 Å². The maximum absolute atomic E-state index is 11.7. The molecule has 0 unspecified atom stereocenters. The molecule has 0 spiro atoms. The van der Waals surface area contributed by atoms with Crippen LogP contribution in [0.3, 0.4) is 0 Å². The molecule has 2 N–H and O–H groups in total. The lowest BCUT2D eigenvalue weighted by atomic mass is 10.3. The molecule has 0 saturated carbocycles. The fourth-order valence-corrected chi connectivity index (χ4v) is 3.90. The quantitative estimate of drug-likeness (QED) is 0.819. The Labute approximate surface area is 94.8 Å². The van der Waals surface area contributed by atoms with Crippen molar-refractivity contribution in [2.24, 2.45) is 0 Å². The van der Waals surface area contributed by atoms with E-state index in [1.165, 1.54) is 11.3 Å². The monoisotopic (exact) mass is 248 g/mol. The lowest BCUT2D eigenvalue weighted by Crippen LogP contribution is -2.22. The molecule has 0 aromatic carbocycles. The van der Waals surface area contributed by atoms with Gasteiger partial charge in [-0.15, -0.1) is 11.3 Å². The van der Waals surface area contributed by atoms with Gasteiger partial charge < -0.3 is 5.32 Å². The van der Waals surface area contributed by atoms with Gasteiger partial charge >= 0.3 is 0 Å². The second-order valence-corrected chi connectivity index (χ2v) is 6.33. The van der Waals surface area contributed by atoms with Crippen molar-refractivity contribution in [3.8, 4) is 0 Å². The Morgan fingerprint density at radius 3 is 2.67 bits per heavy atom. The molecule has 1 aromatic rings. The third-order valence-corrected chi connectivity index (χ3v) is 5.19. The lowest BCUT2D eigenvalue weighted by molar-refractivity contribution is 0.586. The third-order valence-electron chi connectivity index (χ3n) is 1.93. The molecule has 86 valence electrons. The number of thiophene rings is 1. The topological polar surface area (TPSA) is 58.2 Å². The van der Waals surface area contributed by atoms with Crippen LogP contribution in [0.2, 0.25) is 0 Å². The van der Waals surface area contributed by atoms with Crippen LogP contribution in [0.25, 0.3) is 0 Å². The molecule has 0 atom stereocenters. The van der Waals surface area contributed by atoms with Crippen molar-refractivity contribution < 1.29 is 8.42 Å². The van der Waals surface area contributed by atoms with E-state index in [-0.39, 0.29) is 0 Å². The molecule has 1 heterocycles. The van der Waals surface area contributed by atoms with E-state index in [4.69, 9.17) is 0 Å². The van der Waals surface area contributed by atoms with Crippen LogP contribution in [0, 0.1) is 6.92 Å². The van der Waals surface area contributed by atoms with Gasteiger partial charge in [0.05, 0.1) is 0 Å². The molecule has 0 saturated heterocycles. The zero-order valence-corrected chi connectivity index (χ0v) is 10.8. The number of sulfonamides is 1. The SMILES string of the molecule is CCNS(=O)(=O)c1cc(C)c(CNC)s1. The highest BCUT2D eigenvalue weighted by molar-refractivity contribution is 7.91. The molecule has 0 radical (unpaired) electrons. The molecule has 15 heavy (non-hydrogen) atoms. The van der Waals surface area contributed by atoms with Crippen molar-refractivity contribution >= 4 is 21.4 Å². The van der Waals surface area contributed by atoms with Gasteiger partial charge in [-0.1, -0.05) is 6.92 Å². The Morgan fingerprint density at radius 1 is 1.47 bits per heavy atom. The molecule has 1 aromatic heterocycles. The fraction of sp³-hybridized carbons (Fsp3) is 0.556. The molecule has 1 rings (SSSR count). The zero-order valence-electron chi connectivity index (χ0n) is 9.12. The van der Waals surface area contributed by atoms with Crippen LogP contribution in [0.15, 0.2) is 10.3 Å². The normalized spacial score (nSPS) is 11.9. The highest BCUT2D eigenvalue weighted by atomic mass is 32.2. The first kappa shape index (κ1) is 12.6. The highest BCUT2D eigenvalue weighted by Gasteiger charge is 2.17. The van der Waals surface area contributed by atoms with Gasteiger partial charge in [-0.05, 0) is 25.6 Å². The lowest BCUT2D eigenvalue weighted by Gasteiger charge is -1.99. The Kier molecular flexibility index (Phi) is 4.27. The van der Waals surface area contributed by atoms with Crippen molar-refractivity contribution in [1.29, 1.82) is 0 Å². The highest BCUT2D eigenvalue weighted by Crippen LogP contribution is 2.25. The Morgan fingerprint density at radius 2 is 2.13 bits per heavy atom. The van der Waals surface area contributed by atoms with E-state index in [9.17, 15) is 8.42 Å². The summed E-state index contributed by atoms with van der Waals surface area (Å²) in [7, 11) is -1.44. The predicted octanol–water partition coefficient (Wildman–Crippen LogP) is 1.07. The molecule has 0 fully saturated rings. The van der Waals surface area contributed by atoms with Crippen LogP contribution in [0.4, 0.5) is 0 Å². The summed E-state index contributed by atoms with van der Waals surface area (Å²) in [6, 6.07) is 1.72. The Balaban J connectivity index is 3.01. The summed E-state index contributed by atoms with van der Waals surface area (Å²) >= 11 is 1.32. The molecule has 0 aliphatic heterocycles. The number of hydrogen-bond donors (Lipinski definition) is 2. The van der Waals surface area contributed by atoms with Gasteiger partial charge in [0.15, 0.2) is 0 Å². The fourth-order valence-electron chi connectivity index (χ4n) is 1.22. The van der Waals surface area contributed by atoms with Crippen LogP contribution in [0.1, 0.15) is 17.4 Å². The van der Waals surface area contributed by atoms with Crippen molar-refractivity contribution in [3.63, 3.8) is 0 Å². The van der Waals surface area contributed by atoms with E-state index in [0.717, 1.165) is 10.4 Å². The number of nitrogens with one attached hydrogen (secondary N) is 2. The number of aryl methyl sites for hydroxylation is 1. The second-order valence-electron chi connectivity index (χ2n) is 3.20. The van der Waals surface area contributed by atoms with Gasteiger partial charge in [0.2, 0.25) is 10.0 Å². The minimum atomic E-state index is -3.29. The summed E-state index contributed by atoms with van der Waals surface area (Å²) < 4.78 is 26.2. The molecule has 0 aliphatic rings. The van der Waals surface area contributed by atoms with Crippen molar-refractivity contribution in [2.75, 3.05) is 13.6 Å². The van der Waals surface area contributed by atoms with Crippen molar-refractivity contribution in [1.82, 2.24) is 10.0 Å². The smallest absolute Gasteiger partial charge is 0.250 e. The predicted molar refractivity (Wildman–Crippen MR) is 62.7 cm³/mol. The van der Waals surface area contributed by atoms with E-state index >= 15 is 0 Å². The summed E-state index contributed by atoms with van der Waals surface area (Å²) in [6.45, 7) is 4.82. The zero-order chi connectivity index (χ0) is 11.5. The summed E-state index contributed by atoms with van der Waals surface area (Å²) in [4.78, 5) is 1.06. The molecule has 4 nitrogen and oxygen atoms in total. The molecule has 0 bridgehead atoms. The van der Waals surface area contributed by atoms with Gasteiger partial charge in [-0.2, -0.15) is 0 Å². The molecule has 0 aliphatic carbocycles. The Bertz CT molecular complexity index is 423. The van der Waals surface area contributed by atoms with Crippen LogP contribution in [-0.4, -0.2) is 22.0 Å². The molecule has 6 heteroatoms. The molecule has 0 amide bonds. The van der Waals surface area contributed by atoms with E-state index < -0.39 is 10.0 Å². The summed E-state index contributed by atoms with van der Waals surface area (Å²) in [5, 5.41) is 3.02. The van der Waals surface area contributed by atoms with E-state index in [0.29, 0.717) is 17.3 Å². The largest absolute Gasteiger partial charge is 0.315 e. The Hall–Kier alpha value is -0.430. The van der Waals surface area contributed by atoms with Crippen molar-refractivity contribution in [3.05, 3.63) is 16.5 Å². The maximum atomic E-state index is 11.7. The minimum absolute atomic E-state index is 0.395. The van der Waals surface area contributed by atoms with Crippen LogP contribution in [-0.2, 0) is 16.6 Å². The second kappa shape index (κ2) is 5.07. The van der Waals surface area contributed by atoms with Crippen LogP contribution >= 0.6 is 11.3 Å². The first-order valence-corrected chi connectivity index (χ1v) is 7.04. The molecular formula is C9H16N2O2S2. The molecular weight excluding hydrogens is 232 g/mol. The first-order valence-electron chi connectivity index (χ1n) is 4.74. The third kappa shape index (κ3) is 3.01. The van der Waals surface area contributed by atoms with E-state index in [1.54, 1.807) is 13.0 Å². The summed E-state index contributed by atoms with van der Waals surface area (Å²) in [5.41, 5.74) is 1.02. The van der Waals surface area contributed by atoms with Gasteiger partial charge in [0, 0.05) is 18.0 Å². The minimum Gasteiger partial charge on any atom is -0.315 e. The van der Waals surface area contributed by atoms with Gasteiger partial charge in [-0.3, -0.25) is 0 Å². The van der Waals surface area contributed by atoms with Crippen molar-refractivity contribution in [2.45, 2.75) is 24.6 Å². The van der Waals surface area contributed by atoms with Gasteiger partial charge in [-0.25, -0.2) is 13.1 Å². The van der Waals surface area contributed by atoms with E-state index in [1.807, 2.05) is 14.0 Å². The summed E-state index contributed by atoms with van der Waals surface area (Å²) in [5.74, 6) is 0. The van der Waals surface area contributed by atoms with Crippen LogP contribution in [0.5, 0.6) is 0 Å².